The fourth-order valence-corrected chi connectivity index (χ4v) is 2.15. The van der Waals surface area contributed by atoms with Crippen LogP contribution in [-0.2, 0) is 6.54 Å². The SMILES string of the molecule is Cc1nc(N)c(C)c(NCc2cc(C)c(F)c(C)c2)n1. The lowest BCUT2D eigenvalue weighted by Gasteiger charge is -2.12. The second-order valence-corrected chi connectivity index (χ2v) is 5.03. The van der Waals surface area contributed by atoms with Gasteiger partial charge < -0.3 is 11.1 Å². The predicted octanol–water partition coefficient (Wildman–Crippen LogP) is 3.04. The van der Waals surface area contributed by atoms with Gasteiger partial charge in [-0.15, -0.1) is 0 Å². The Morgan fingerprint density at radius 1 is 1.10 bits per heavy atom. The third-order valence-corrected chi connectivity index (χ3v) is 3.25. The highest BCUT2D eigenvalue weighted by atomic mass is 19.1. The van der Waals surface area contributed by atoms with E-state index in [0.29, 0.717) is 29.3 Å². The van der Waals surface area contributed by atoms with Crippen LogP contribution in [0.4, 0.5) is 16.0 Å². The zero-order valence-corrected chi connectivity index (χ0v) is 12.2. The summed E-state index contributed by atoms with van der Waals surface area (Å²) in [6, 6.07) is 3.67. The van der Waals surface area contributed by atoms with Gasteiger partial charge in [0.05, 0.1) is 0 Å². The maximum atomic E-state index is 13.6. The van der Waals surface area contributed by atoms with E-state index in [1.165, 1.54) is 0 Å². The number of nitrogens with one attached hydrogen (secondary N) is 1. The predicted molar refractivity (Wildman–Crippen MR) is 79.1 cm³/mol. The highest BCUT2D eigenvalue weighted by Gasteiger charge is 2.08. The topological polar surface area (TPSA) is 63.8 Å². The molecule has 3 N–H and O–H groups in total. The Morgan fingerprint density at radius 3 is 2.30 bits per heavy atom. The van der Waals surface area contributed by atoms with Gasteiger partial charge in [-0.05, 0) is 44.4 Å². The molecule has 2 aromatic rings. The lowest BCUT2D eigenvalue weighted by molar-refractivity contribution is 0.608. The molecule has 0 fully saturated rings. The van der Waals surface area contributed by atoms with Crippen molar-refractivity contribution in [3.63, 3.8) is 0 Å². The molecule has 2 rings (SSSR count). The van der Waals surface area contributed by atoms with Crippen LogP contribution in [-0.4, -0.2) is 9.97 Å². The Bertz CT molecular complexity index is 630. The summed E-state index contributed by atoms with van der Waals surface area (Å²) in [5.74, 6) is 1.68. The number of nitrogen functional groups attached to an aromatic ring is 1. The molecule has 0 amide bonds. The molecule has 1 aromatic carbocycles. The summed E-state index contributed by atoms with van der Waals surface area (Å²) in [7, 11) is 0. The van der Waals surface area contributed by atoms with Crippen molar-refractivity contribution < 1.29 is 4.39 Å². The van der Waals surface area contributed by atoms with Crippen molar-refractivity contribution in [3.8, 4) is 0 Å². The summed E-state index contributed by atoms with van der Waals surface area (Å²) in [6.45, 7) is 7.78. The fraction of sp³-hybridized carbons (Fsp3) is 0.333. The van der Waals surface area contributed by atoms with Crippen LogP contribution in [0, 0.1) is 33.5 Å². The standard InChI is InChI=1S/C15H19FN4/c1-8-5-12(6-9(2)13(8)16)7-18-15-10(3)14(17)19-11(4)20-15/h5-6H,7H2,1-4H3,(H3,17,18,19,20). The van der Waals surface area contributed by atoms with Crippen LogP contribution >= 0.6 is 0 Å². The Morgan fingerprint density at radius 2 is 1.70 bits per heavy atom. The average Bonchev–Trinajstić information content (AvgIpc) is 2.38. The summed E-state index contributed by atoms with van der Waals surface area (Å²) in [5, 5.41) is 3.23. The molecule has 1 heterocycles. The lowest BCUT2D eigenvalue weighted by atomic mass is 10.1. The Kier molecular flexibility index (Phi) is 3.88. The Balaban J connectivity index is 2.21. The highest BCUT2D eigenvalue weighted by molar-refractivity contribution is 5.55. The van der Waals surface area contributed by atoms with Gasteiger partial charge in [-0.3, -0.25) is 0 Å². The fourth-order valence-electron chi connectivity index (χ4n) is 2.15. The quantitative estimate of drug-likeness (QED) is 0.903. The van der Waals surface area contributed by atoms with E-state index >= 15 is 0 Å². The maximum Gasteiger partial charge on any atom is 0.135 e. The summed E-state index contributed by atoms with van der Waals surface area (Å²) < 4.78 is 13.6. The third kappa shape index (κ3) is 2.87. The van der Waals surface area contributed by atoms with E-state index in [0.717, 1.165) is 16.9 Å². The smallest absolute Gasteiger partial charge is 0.135 e. The molecule has 0 aliphatic heterocycles. The molecule has 0 aliphatic rings. The first-order valence-electron chi connectivity index (χ1n) is 6.48. The number of hydrogen-bond donors (Lipinski definition) is 2. The zero-order chi connectivity index (χ0) is 14.9. The first-order chi connectivity index (χ1) is 9.38. The molecule has 4 nitrogen and oxygen atoms in total. The van der Waals surface area contributed by atoms with Crippen LogP contribution in [0.5, 0.6) is 0 Å². The average molecular weight is 274 g/mol. The van der Waals surface area contributed by atoms with Gasteiger partial charge in [0.15, 0.2) is 0 Å². The van der Waals surface area contributed by atoms with Crippen molar-refractivity contribution in [2.75, 3.05) is 11.1 Å². The largest absolute Gasteiger partial charge is 0.383 e. The second kappa shape index (κ2) is 5.45. The molecule has 0 atom stereocenters. The summed E-state index contributed by atoms with van der Waals surface area (Å²) in [4.78, 5) is 8.44. The number of aryl methyl sites for hydroxylation is 3. The molecule has 1 aromatic heterocycles. The number of nitrogens with two attached hydrogens (primary N) is 1. The van der Waals surface area contributed by atoms with E-state index in [2.05, 4.69) is 15.3 Å². The molecule has 20 heavy (non-hydrogen) atoms. The van der Waals surface area contributed by atoms with Crippen molar-refractivity contribution in [2.24, 2.45) is 0 Å². The molecule has 5 heteroatoms. The van der Waals surface area contributed by atoms with E-state index in [1.807, 2.05) is 19.1 Å². The Labute approximate surface area is 118 Å². The van der Waals surface area contributed by atoms with E-state index in [1.54, 1.807) is 20.8 Å². The molecule has 0 spiro atoms. The van der Waals surface area contributed by atoms with Gasteiger partial charge in [0.25, 0.3) is 0 Å². The minimum absolute atomic E-state index is 0.146. The number of anilines is 2. The van der Waals surface area contributed by atoms with Crippen LogP contribution < -0.4 is 11.1 Å². The van der Waals surface area contributed by atoms with E-state index < -0.39 is 0 Å². The van der Waals surface area contributed by atoms with Gasteiger partial charge in [-0.2, -0.15) is 0 Å². The van der Waals surface area contributed by atoms with Crippen molar-refractivity contribution in [1.29, 1.82) is 0 Å². The molecular weight excluding hydrogens is 255 g/mol. The molecule has 0 unspecified atom stereocenters. The minimum atomic E-state index is -0.146. The van der Waals surface area contributed by atoms with E-state index in [9.17, 15) is 4.39 Å². The molecule has 0 saturated carbocycles. The first-order valence-corrected chi connectivity index (χ1v) is 6.48. The Hall–Kier alpha value is -2.17. The van der Waals surface area contributed by atoms with E-state index in [4.69, 9.17) is 5.73 Å². The third-order valence-electron chi connectivity index (χ3n) is 3.25. The van der Waals surface area contributed by atoms with Crippen molar-refractivity contribution >= 4 is 11.6 Å². The first kappa shape index (κ1) is 14.2. The van der Waals surface area contributed by atoms with Crippen LogP contribution in [0.2, 0.25) is 0 Å². The summed E-state index contributed by atoms with van der Waals surface area (Å²) in [5.41, 5.74) is 8.95. The highest BCUT2D eigenvalue weighted by Crippen LogP contribution is 2.19. The lowest BCUT2D eigenvalue weighted by Crippen LogP contribution is -2.08. The summed E-state index contributed by atoms with van der Waals surface area (Å²) >= 11 is 0. The molecule has 0 radical (unpaired) electrons. The van der Waals surface area contributed by atoms with Crippen molar-refractivity contribution in [3.05, 3.63) is 46.0 Å². The number of nitrogens with zero attached hydrogens (tertiary/aromatic N) is 2. The van der Waals surface area contributed by atoms with Gasteiger partial charge in [0.1, 0.15) is 23.3 Å². The van der Waals surface area contributed by atoms with E-state index in [-0.39, 0.29) is 5.82 Å². The maximum absolute atomic E-state index is 13.6. The van der Waals surface area contributed by atoms with Crippen LogP contribution in [0.25, 0.3) is 0 Å². The van der Waals surface area contributed by atoms with Crippen LogP contribution in [0.15, 0.2) is 12.1 Å². The molecule has 0 bridgehead atoms. The number of hydrogen-bond acceptors (Lipinski definition) is 4. The van der Waals surface area contributed by atoms with Gasteiger partial charge >= 0.3 is 0 Å². The van der Waals surface area contributed by atoms with Gasteiger partial charge in [0.2, 0.25) is 0 Å². The number of aromatic nitrogens is 2. The zero-order valence-electron chi connectivity index (χ0n) is 12.2. The monoisotopic (exact) mass is 274 g/mol. The summed E-state index contributed by atoms with van der Waals surface area (Å²) in [6.07, 6.45) is 0. The number of halogens is 1. The van der Waals surface area contributed by atoms with Crippen LogP contribution in [0.3, 0.4) is 0 Å². The van der Waals surface area contributed by atoms with Crippen LogP contribution in [0.1, 0.15) is 28.1 Å². The normalized spacial score (nSPS) is 10.7. The van der Waals surface area contributed by atoms with Crippen molar-refractivity contribution in [1.82, 2.24) is 9.97 Å². The molecular formula is C15H19FN4. The van der Waals surface area contributed by atoms with Gasteiger partial charge in [0, 0.05) is 12.1 Å². The number of rotatable bonds is 3. The molecule has 106 valence electrons. The van der Waals surface area contributed by atoms with Crippen molar-refractivity contribution in [2.45, 2.75) is 34.2 Å². The minimum Gasteiger partial charge on any atom is -0.383 e. The van der Waals surface area contributed by atoms with Gasteiger partial charge in [-0.25, -0.2) is 14.4 Å². The molecule has 0 saturated heterocycles. The second-order valence-electron chi connectivity index (χ2n) is 5.03. The van der Waals surface area contributed by atoms with Gasteiger partial charge in [-0.1, -0.05) is 12.1 Å². The number of benzene rings is 1. The molecule has 0 aliphatic carbocycles.